The highest BCUT2D eigenvalue weighted by Crippen LogP contribution is 2.13. The van der Waals surface area contributed by atoms with E-state index in [1.807, 2.05) is 7.05 Å². The Bertz CT molecular complexity index is 169. The predicted octanol–water partition coefficient (Wildman–Crippen LogP) is 0.631. The molecular weight excluding hydrogens is 184 g/mol. The lowest BCUT2D eigenvalue weighted by Crippen LogP contribution is -2.35. The predicted molar refractivity (Wildman–Crippen MR) is 57.8 cm³/mol. The van der Waals surface area contributed by atoms with Crippen molar-refractivity contribution in [3.8, 4) is 0 Å². The maximum absolute atomic E-state index is 5.46. The molecular formula is C9H18N2OS. The standard InChI is InChI=1S/C9H18N2OS/c1-11(6-9(10)13)5-8-3-2-4-12-7-8/h8H,2-7H2,1H3,(H2,10,13). The fraction of sp³-hybridized carbons (Fsp3) is 0.889. The molecule has 4 heteroatoms. The third-order valence-corrected chi connectivity index (χ3v) is 2.38. The highest BCUT2D eigenvalue weighted by molar-refractivity contribution is 7.80. The lowest BCUT2D eigenvalue weighted by atomic mass is 10.0. The molecule has 0 aromatic rings. The Morgan fingerprint density at radius 3 is 3.00 bits per heavy atom. The van der Waals surface area contributed by atoms with Crippen LogP contribution in [0.3, 0.4) is 0 Å². The van der Waals surface area contributed by atoms with Gasteiger partial charge in [0.25, 0.3) is 0 Å². The van der Waals surface area contributed by atoms with Crippen LogP contribution in [-0.4, -0.2) is 43.2 Å². The molecule has 13 heavy (non-hydrogen) atoms. The van der Waals surface area contributed by atoms with Crippen molar-refractivity contribution < 1.29 is 4.74 Å². The van der Waals surface area contributed by atoms with Crippen molar-refractivity contribution in [3.05, 3.63) is 0 Å². The molecule has 1 saturated heterocycles. The van der Waals surface area contributed by atoms with Crippen LogP contribution in [0.2, 0.25) is 0 Å². The smallest absolute Gasteiger partial charge is 0.0869 e. The molecule has 1 aliphatic heterocycles. The van der Waals surface area contributed by atoms with Crippen molar-refractivity contribution >= 4 is 17.2 Å². The SMILES string of the molecule is CN(CC(N)=S)CC1CCCOC1. The van der Waals surface area contributed by atoms with E-state index in [-0.39, 0.29) is 0 Å². The van der Waals surface area contributed by atoms with Gasteiger partial charge < -0.3 is 10.5 Å². The summed E-state index contributed by atoms with van der Waals surface area (Å²) in [7, 11) is 2.05. The molecule has 0 aromatic heterocycles. The van der Waals surface area contributed by atoms with Gasteiger partial charge in [-0.1, -0.05) is 12.2 Å². The summed E-state index contributed by atoms with van der Waals surface area (Å²) >= 11 is 4.84. The van der Waals surface area contributed by atoms with Crippen molar-refractivity contribution in [1.29, 1.82) is 0 Å². The minimum Gasteiger partial charge on any atom is -0.392 e. The first kappa shape index (κ1) is 10.9. The number of thiocarbonyl (C=S) groups is 1. The molecule has 1 atom stereocenters. The van der Waals surface area contributed by atoms with Crippen LogP contribution >= 0.6 is 12.2 Å². The first-order chi connectivity index (χ1) is 6.18. The van der Waals surface area contributed by atoms with Gasteiger partial charge in [0.15, 0.2) is 0 Å². The summed E-state index contributed by atoms with van der Waals surface area (Å²) in [5.41, 5.74) is 5.46. The highest BCUT2D eigenvalue weighted by Gasteiger charge is 2.15. The zero-order valence-electron chi connectivity index (χ0n) is 8.16. The van der Waals surface area contributed by atoms with Crippen LogP contribution in [0.15, 0.2) is 0 Å². The van der Waals surface area contributed by atoms with Gasteiger partial charge in [-0.2, -0.15) is 0 Å². The van der Waals surface area contributed by atoms with Gasteiger partial charge in [-0.3, -0.25) is 4.90 Å². The second-order valence-electron chi connectivity index (χ2n) is 3.75. The summed E-state index contributed by atoms with van der Waals surface area (Å²) in [6.07, 6.45) is 2.45. The van der Waals surface area contributed by atoms with E-state index in [0.717, 1.165) is 19.8 Å². The van der Waals surface area contributed by atoms with Crippen LogP contribution in [0.5, 0.6) is 0 Å². The van der Waals surface area contributed by atoms with Crippen LogP contribution in [-0.2, 0) is 4.74 Å². The van der Waals surface area contributed by atoms with Crippen molar-refractivity contribution in [2.75, 3.05) is 33.4 Å². The molecule has 0 saturated carbocycles. The molecule has 0 aliphatic carbocycles. The van der Waals surface area contributed by atoms with Gasteiger partial charge in [0.05, 0.1) is 11.6 Å². The van der Waals surface area contributed by atoms with Gasteiger partial charge in [0.1, 0.15) is 0 Å². The minimum atomic E-state index is 0.569. The molecule has 1 aliphatic rings. The van der Waals surface area contributed by atoms with Gasteiger partial charge in [-0.05, 0) is 25.8 Å². The zero-order chi connectivity index (χ0) is 9.68. The summed E-state index contributed by atoms with van der Waals surface area (Å²) in [5, 5.41) is 0. The summed E-state index contributed by atoms with van der Waals surface area (Å²) in [6, 6.07) is 0. The minimum absolute atomic E-state index is 0.569. The number of nitrogens with two attached hydrogens (primary N) is 1. The average molecular weight is 202 g/mol. The van der Waals surface area contributed by atoms with E-state index in [9.17, 15) is 0 Å². The first-order valence-corrected chi connectivity index (χ1v) is 5.14. The normalized spacial score (nSPS) is 23.4. The Balaban J connectivity index is 2.18. The van der Waals surface area contributed by atoms with Crippen LogP contribution in [0.1, 0.15) is 12.8 Å². The summed E-state index contributed by atoms with van der Waals surface area (Å²) in [5.74, 6) is 0.660. The Labute approximate surface area is 85.2 Å². The van der Waals surface area contributed by atoms with Crippen molar-refractivity contribution in [2.24, 2.45) is 11.7 Å². The quantitative estimate of drug-likeness (QED) is 0.679. The van der Waals surface area contributed by atoms with Crippen molar-refractivity contribution in [2.45, 2.75) is 12.8 Å². The van der Waals surface area contributed by atoms with Crippen LogP contribution < -0.4 is 5.73 Å². The second kappa shape index (κ2) is 5.52. The number of rotatable bonds is 4. The molecule has 0 bridgehead atoms. The molecule has 3 nitrogen and oxygen atoms in total. The van der Waals surface area contributed by atoms with Crippen molar-refractivity contribution in [1.82, 2.24) is 4.90 Å². The van der Waals surface area contributed by atoms with E-state index < -0.39 is 0 Å². The second-order valence-corrected chi connectivity index (χ2v) is 4.27. The third-order valence-electron chi connectivity index (χ3n) is 2.25. The van der Waals surface area contributed by atoms with Gasteiger partial charge in [0.2, 0.25) is 0 Å². The van der Waals surface area contributed by atoms with E-state index >= 15 is 0 Å². The highest BCUT2D eigenvalue weighted by atomic mass is 32.1. The van der Waals surface area contributed by atoms with Crippen LogP contribution in [0, 0.1) is 5.92 Å². The Morgan fingerprint density at radius 1 is 1.69 bits per heavy atom. The number of likely N-dealkylation sites (N-methyl/N-ethyl adjacent to an activating group) is 1. The van der Waals surface area contributed by atoms with Gasteiger partial charge in [0, 0.05) is 19.7 Å². The Hall–Kier alpha value is -0.190. The Kier molecular flexibility index (Phi) is 4.62. The van der Waals surface area contributed by atoms with E-state index in [4.69, 9.17) is 22.7 Å². The molecule has 0 spiro atoms. The largest absolute Gasteiger partial charge is 0.392 e. The van der Waals surface area contributed by atoms with E-state index in [2.05, 4.69) is 4.90 Å². The fourth-order valence-electron chi connectivity index (χ4n) is 1.72. The zero-order valence-corrected chi connectivity index (χ0v) is 8.98. The molecule has 1 rings (SSSR count). The van der Waals surface area contributed by atoms with Crippen LogP contribution in [0.25, 0.3) is 0 Å². The molecule has 76 valence electrons. The third kappa shape index (κ3) is 4.55. The van der Waals surface area contributed by atoms with E-state index in [1.165, 1.54) is 12.8 Å². The van der Waals surface area contributed by atoms with E-state index in [1.54, 1.807) is 0 Å². The topological polar surface area (TPSA) is 38.5 Å². The van der Waals surface area contributed by atoms with Gasteiger partial charge in [-0.15, -0.1) is 0 Å². The lowest BCUT2D eigenvalue weighted by Gasteiger charge is -2.26. The molecule has 0 aromatic carbocycles. The fourth-order valence-corrected chi connectivity index (χ4v) is 1.94. The summed E-state index contributed by atoms with van der Waals surface area (Å²) in [6.45, 7) is 3.57. The molecule has 1 fully saturated rings. The number of ether oxygens (including phenoxy) is 1. The summed E-state index contributed by atoms with van der Waals surface area (Å²) < 4.78 is 5.40. The van der Waals surface area contributed by atoms with Gasteiger partial charge >= 0.3 is 0 Å². The maximum atomic E-state index is 5.46. The van der Waals surface area contributed by atoms with Gasteiger partial charge in [-0.25, -0.2) is 0 Å². The molecule has 1 unspecified atom stereocenters. The first-order valence-electron chi connectivity index (χ1n) is 4.73. The average Bonchev–Trinajstić information content (AvgIpc) is 2.04. The Morgan fingerprint density at radius 2 is 2.46 bits per heavy atom. The molecule has 0 amide bonds. The number of nitrogens with zero attached hydrogens (tertiary/aromatic N) is 1. The number of hydrogen-bond donors (Lipinski definition) is 1. The molecule has 0 radical (unpaired) electrons. The molecule has 2 N–H and O–H groups in total. The van der Waals surface area contributed by atoms with Crippen LogP contribution in [0.4, 0.5) is 0 Å². The van der Waals surface area contributed by atoms with E-state index in [0.29, 0.717) is 17.5 Å². The monoisotopic (exact) mass is 202 g/mol. The maximum Gasteiger partial charge on any atom is 0.0869 e. The lowest BCUT2D eigenvalue weighted by molar-refractivity contribution is 0.0438. The summed E-state index contributed by atoms with van der Waals surface area (Å²) in [4.78, 5) is 2.74. The number of hydrogen-bond acceptors (Lipinski definition) is 3. The molecule has 1 heterocycles. The van der Waals surface area contributed by atoms with Crippen molar-refractivity contribution in [3.63, 3.8) is 0 Å².